The van der Waals surface area contributed by atoms with Gasteiger partial charge in [-0.25, -0.2) is 4.79 Å². The van der Waals surface area contributed by atoms with Crippen molar-refractivity contribution in [3.8, 4) is 5.69 Å². The van der Waals surface area contributed by atoms with E-state index in [0.29, 0.717) is 23.8 Å². The van der Waals surface area contributed by atoms with Gasteiger partial charge in [0.15, 0.2) is 0 Å². The molecular weight excluding hydrogens is 384 g/mol. The molecule has 0 bridgehead atoms. The first kappa shape index (κ1) is 18.1. The van der Waals surface area contributed by atoms with Crippen LogP contribution in [0.5, 0.6) is 0 Å². The molecule has 1 fully saturated rings. The summed E-state index contributed by atoms with van der Waals surface area (Å²) < 4.78 is 2.27. The molecule has 0 radical (unpaired) electrons. The van der Waals surface area contributed by atoms with Crippen LogP contribution in [-0.4, -0.2) is 28.6 Å². The van der Waals surface area contributed by atoms with Gasteiger partial charge in [-0.05, 0) is 61.7 Å². The second kappa shape index (κ2) is 6.85. The van der Waals surface area contributed by atoms with Gasteiger partial charge in [0.2, 0.25) is 0 Å². The molecule has 5 nitrogen and oxygen atoms in total. The number of rotatable bonds is 1. The number of halogens is 1. The summed E-state index contributed by atoms with van der Waals surface area (Å²) >= 11 is 6.27. The second-order valence-corrected chi connectivity index (χ2v) is 8.30. The minimum Gasteiger partial charge on any atom is -0.372 e. The van der Waals surface area contributed by atoms with Gasteiger partial charge >= 0.3 is 6.03 Å². The molecule has 2 aromatic carbocycles. The average Bonchev–Trinajstić information content (AvgIpc) is 3.22. The summed E-state index contributed by atoms with van der Waals surface area (Å²) in [5, 5.41) is 7.30. The van der Waals surface area contributed by atoms with Crippen LogP contribution < -0.4 is 10.6 Å². The van der Waals surface area contributed by atoms with Crippen molar-refractivity contribution in [2.75, 3.05) is 23.7 Å². The summed E-state index contributed by atoms with van der Waals surface area (Å²) in [6.07, 6.45) is 3.82. The molecule has 3 aromatic rings. The molecule has 0 saturated carbocycles. The van der Waals surface area contributed by atoms with E-state index in [1.807, 2.05) is 30.0 Å². The molecule has 2 amide bonds. The van der Waals surface area contributed by atoms with E-state index in [0.717, 1.165) is 24.1 Å². The SMILES string of the molecule is Cc1ccc(NC(=O)N2CCC3(CC2)Nc2ccccc2-n2cccc23)c(Cl)c1. The first-order valence-corrected chi connectivity index (χ1v) is 10.3. The van der Waals surface area contributed by atoms with Crippen molar-refractivity contribution in [1.29, 1.82) is 0 Å². The van der Waals surface area contributed by atoms with Crippen molar-refractivity contribution in [2.45, 2.75) is 25.3 Å². The Hall–Kier alpha value is -2.92. The summed E-state index contributed by atoms with van der Waals surface area (Å²) in [5.41, 5.74) is 5.14. The van der Waals surface area contributed by atoms with Crippen molar-refractivity contribution in [3.05, 3.63) is 77.1 Å². The number of aryl methyl sites for hydroxylation is 1. The molecular formula is C23H23ClN4O. The number of aromatic nitrogens is 1. The lowest BCUT2D eigenvalue weighted by Crippen LogP contribution is -2.51. The lowest BCUT2D eigenvalue weighted by atomic mass is 9.82. The minimum absolute atomic E-state index is 0.0998. The maximum Gasteiger partial charge on any atom is 0.321 e. The van der Waals surface area contributed by atoms with Gasteiger partial charge in [-0.2, -0.15) is 0 Å². The van der Waals surface area contributed by atoms with Crippen LogP contribution in [-0.2, 0) is 5.54 Å². The lowest BCUT2D eigenvalue weighted by Gasteiger charge is -2.46. The predicted octanol–water partition coefficient (Wildman–Crippen LogP) is 5.39. The fraction of sp³-hybridized carbons (Fsp3) is 0.261. The number of anilines is 2. The van der Waals surface area contributed by atoms with E-state index < -0.39 is 0 Å². The Morgan fingerprint density at radius 3 is 2.69 bits per heavy atom. The number of hydrogen-bond donors (Lipinski definition) is 2. The van der Waals surface area contributed by atoms with Crippen molar-refractivity contribution in [3.63, 3.8) is 0 Å². The molecule has 5 rings (SSSR count). The topological polar surface area (TPSA) is 49.3 Å². The van der Waals surface area contributed by atoms with E-state index in [4.69, 9.17) is 11.6 Å². The van der Waals surface area contributed by atoms with Crippen LogP contribution in [0.25, 0.3) is 5.69 Å². The number of nitrogens with zero attached hydrogens (tertiary/aromatic N) is 2. The Balaban J connectivity index is 1.34. The minimum atomic E-state index is -0.157. The van der Waals surface area contributed by atoms with E-state index in [9.17, 15) is 4.79 Å². The van der Waals surface area contributed by atoms with Crippen molar-refractivity contribution in [2.24, 2.45) is 0 Å². The number of piperidine rings is 1. The zero-order chi connectivity index (χ0) is 20.0. The van der Waals surface area contributed by atoms with Crippen LogP contribution in [0, 0.1) is 6.92 Å². The highest BCUT2D eigenvalue weighted by molar-refractivity contribution is 6.33. The molecule has 2 aliphatic heterocycles. The first-order chi connectivity index (χ1) is 14.1. The molecule has 29 heavy (non-hydrogen) atoms. The maximum absolute atomic E-state index is 12.8. The van der Waals surface area contributed by atoms with Gasteiger partial charge in [0.25, 0.3) is 0 Å². The number of benzene rings is 2. The molecule has 0 aliphatic carbocycles. The predicted molar refractivity (Wildman–Crippen MR) is 117 cm³/mol. The number of carbonyl (C=O) groups excluding carboxylic acids is 1. The van der Waals surface area contributed by atoms with Gasteiger partial charge in [0.1, 0.15) is 0 Å². The third kappa shape index (κ3) is 3.06. The fourth-order valence-corrected chi connectivity index (χ4v) is 4.76. The van der Waals surface area contributed by atoms with Crippen LogP contribution in [0.1, 0.15) is 24.1 Å². The molecule has 0 unspecified atom stereocenters. The summed E-state index contributed by atoms with van der Waals surface area (Å²) in [6, 6.07) is 18.2. The summed E-state index contributed by atoms with van der Waals surface area (Å²) in [6.45, 7) is 3.33. The molecule has 6 heteroatoms. The zero-order valence-corrected chi connectivity index (χ0v) is 17.0. The number of nitrogens with one attached hydrogen (secondary N) is 2. The standard InChI is InChI=1S/C23H23ClN4O/c1-16-8-9-18(17(24)15-16)25-22(29)27-13-10-23(11-14-27)21-7-4-12-28(21)20-6-3-2-5-19(20)26-23/h2-9,12,15,26H,10-11,13-14H2,1H3,(H,25,29). The average molecular weight is 407 g/mol. The second-order valence-electron chi connectivity index (χ2n) is 7.89. The van der Waals surface area contributed by atoms with E-state index in [1.165, 1.54) is 11.4 Å². The molecule has 148 valence electrons. The molecule has 3 heterocycles. The van der Waals surface area contributed by atoms with Crippen LogP contribution >= 0.6 is 11.6 Å². The number of amides is 2. The number of fused-ring (bicyclic) bond motifs is 4. The highest BCUT2D eigenvalue weighted by Gasteiger charge is 2.42. The molecule has 1 aromatic heterocycles. The number of hydrogen-bond acceptors (Lipinski definition) is 2. The Bertz CT molecular complexity index is 1080. The summed E-state index contributed by atoms with van der Waals surface area (Å²) in [5.74, 6) is 0. The summed E-state index contributed by atoms with van der Waals surface area (Å²) in [7, 11) is 0. The highest BCUT2D eigenvalue weighted by atomic mass is 35.5. The fourth-order valence-electron chi connectivity index (χ4n) is 4.48. The Morgan fingerprint density at radius 2 is 1.90 bits per heavy atom. The van der Waals surface area contributed by atoms with Gasteiger partial charge in [-0.1, -0.05) is 29.8 Å². The van der Waals surface area contributed by atoms with E-state index in [1.54, 1.807) is 0 Å². The Kier molecular flexibility index (Phi) is 4.28. The maximum atomic E-state index is 12.8. The third-order valence-electron chi connectivity index (χ3n) is 6.05. The highest BCUT2D eigenvalue weighted by Crippen LogP contribution is 2.43. The molecule has 0 atom stereocenters. The van der Waals surface area contributed by atoms with Crippen molar-refractivity contribution < 1.29 is 4.79 Å². The van der Waals surface area contributed by atoms with Gasteiger partial charge in [-0.15, -0.1) is 0 Å². The Labute approximate surface area is 175 Å². The number of likely N-dealkylation sites (tertiary alicyclic amines) is 1. The molecule has 1 spiro atoms. The van der Waals surface area contributed by atoms with Crippen molar-refractivity contribution in [1.82, 2.24) is 9.47 Å². The lowest BCUT2D eigenvalue weighted by molar-refractivity contribution is 0.174. The van der Waals surface area contributed by atoms with Crippen molar-refractivity contribution >= 4 is 29.0 Å². The molecule has 1 saturated heterocycles. The normalized spacial score (nSPS) is 16.7. The van der Waals surface area contributed by atoms with E-state index >= 15 is 0 Å². The van der Waals surface area contributed by atoms with E-state index in [-0.39, 0.29) is 11.6 Å². The number of urea groups is 1. The monoisotopic (exact) mass is 406 g/mol. The first-order valence-electron chi connectivity index (χ1n) is 9.93. The van der Waals surface area contributed by atoms with Gasteiger partial charge < -0.3 is 20.1 Å². The smallest absolute Gasteiger partial charge is 0.321 e. The van der Waals surface area contributed by atoms with Crippen LogP contribution in [0.15, 0.2) is 60.8 Å². The van der Waals surface area contributed by atoms with Gasteiger partial charge in [-0.3, -0.25) is 0 Å². The van der Waals surface area contributed by atoms with E-state index in [2.05, 4.69) is 57.8 Å². The Morgan fingerprint density at radius 1 is 1.10 bits per heavy atom. The summed E-state index contributed by atoms with van der Waals surface area (Å²) in [4.78, 5) is 14.7. The number of carbonyl (C=O) groups is 1. The third-order valence-corrected chi connectivity index (χ3v) is 6.36. The quantitative estimate of drug-likeness (QED) is 0.569. The zero-order valence-electron chi connectivity index (χ0n) is 16.3. The molecule has 2 aliphatic rings. The number of para-hydroxylation sites is 2. The van der Waals surface area contributed by atoms with Gasteiger partial charge in [0.05, 0.1) is 27.6 Å². The largest absolute Gasteiger partial charge is 0.372 e. The van der Waals surface area contributed by atoms with Gasteiger partial charge in [0, 0.05) is 25.0 Å². The van der Waals surface area contributed by atoms with Crippen LogP contribution in [0.3, 0.4) is 0 Å². The van der Waals surface area contributed by atoms with Crippen LogP contribution in [0.4, 0.5) is 16.2 Å². The van der Waals surface area contributed by atoms with Crippen LogP contribution in [0.2, 0.25) is 5.02 Å². The molecule has 2 N–H and O–H groups in total.